The molecule has 0 aliphatic carbocycles. The molecule has 1 fully saturated rings. The van der Waals surface area contributed by atoms with Crippen molar-refractivity contribution in [1.29, 1.82) is 0 Å². The van der Waals surface area contributed by atoms with Crippen LogP contribution < -0.4 is 10.9 Å². The molecule has 1 aliphatic heterocycles. The van der Waals surface area contributed by atoms with Gasteiger partial charge in [-0.3, -0.25) is 19.1 Å². The molecule has 1 unspecified atom stereocenters. The number of amides is 1. The molecule has 2 aromatic rings. The molecule has 25 heavy (non-hydrogen) atoms. The lowest BCUT2D eigenvalue weighted by Crippen LogP contribution is -2.39. The number of nitrogens with one attached hydrogen (secondary N) is 1. The first kappa shape index (κ1) is 17.1. The van der Waals surface area contributed by atoms with Crippen LogP contribution in [0.3, 0.4) is 0 Å². The number of carbonyl (C=O) groups is 1. The Morgan fingerprint density at radius 3 is 2.76 bits per heavy atom. The maximum atomic E-state index is 12.3. The van der Waals surface area contributed by atoms with Gasteiger partial charge in [-0.25, -0.2) is 4.98 Å². The highest BCUT2D eigenvalue weighted by molar-refractivity contribution is 5.73. The fourth-order valence-corrected chi connectivity index (χ4v) is 3.07. The number of hydrogen-bond acceptors (Lipinski definition) is 5. The maximum absolute atomic E-state index is 12.3. The van der Waals surface area contributed by atoms with Crippen molar-refractivity contribution in [2.45, 2.75) is 32.2 Å². The first-order valence-corrected chi connectivity index (χ1v) is 8.55. The van der Waals surface area contributed by atoms with Gasteiger partial charge in [-0.15, -0.1) is 0 Å². The predicted octanol–water partition coefficient (Wildman–Crippen LogP) is 1.66. The van der Waals surface area contributed by atoms with Crippen molar-refractivity contribution < 1.29 is 4.79 Å². The Morgan fingerprint density at radius 1 is 1.28 bits per heavy atom. The van der Waals surface area contributed by atoms with Crippen LogP contribution >= 0.6 is 0 Å². The summed E-state index contributed by atoms with van der Waals surface area (Å²) in [7, 11) is 1.70. The summed E-state index contributed by atoms with van der Waals surface area (Å²) in [6, 6.07) is 5.26. The second-order valence-electron chi connectivity index (χ2n) is 6.40. The molecule has 1 amide bonds. The highest BCUT2D eigenvalue weighted by atomic mass is 16.2. The molecule has 0 aromatic carbocycles. The Bertz CT molecular complexity index is 803. The van der Waals surface area contributed by atoms with Gasteiger partial charge in [0.05, 0.1) is 5.69 Å². The molecule has 7 nitrogen and oxygen atoms in total. The Hall–Kier alpha value is -2.70. The smallest absolute Gasteiger partial charge is 0.255 e. The van der Waals surface area contributed by atoms with E-state index in [1.807, 2.05) is 17.0 Å². The van der Waals surface area contributed by atoms with Gasteiger partial charge in [-0.1, -0.05) is 0 Å². The summed E-state index contributed by atoms with van der Waals surface area (Å²) < 4.78 is 1.51. The number of hydrogen-bond donors (Lipinski definition) is 1. The molecule has 1 N–H and O–H groups in total. The SMILES string of the molecule is CC(=O)N1CCCCC(Nc2nc(-c3ccncc3)cc(=O)n2C)C1. The maximum Gasteiger partial charge on any atom is 0.255 e. The quantitative estimate of drug-likeness (QED) is 0.918. The number of aromatic nitrogens is 3. The van der Waals surface area contributed by atoms with Crippen LogP contribution in [0.2, 0.25) is 0 Å². The molecule has 2 aromatic heterocycles. The van der Waals surface area contributed by atoms with E-state index in [0.29, 0.717) is 18.2 Å². The van der Waals surface area contributed by atoms with Crippen LogP contribution in [-0.2, 0) is 11.8 Å². The van der Waals surface area contributed by atoms with Crippen LogP contribution in [-0.4, -0.2) is 44.5 Å². The third-order valence-electron chi connectivity index (χ3n) is 4.56. The van der Waals surface area contributed by atoms with Gasteiger partial charge in [0.25, 0.3) is 5.56 Å². The highest BCUT2D eigenvalue weighted by Crippen LogP contribution is 2.18. The Balaban J connectivity index is 1.87. The normalized spacial score (nSPS) is 17.8. The molecule has 7 heteroatoms. The third-order valence-corrected chi connectivity index (χ3v) is 4.56. The predicted molar refractivity (Wildman–Crippen MR) is 96.2 cm³/mol. The monoisotopic (exact) mass is 341 g/mol. The zero-order chi connectivity index (χ0) is 17.8. The van der Waals surface area contributed by atoms with Crippen LogP contribution in [0.15, 0.2) is 35.4 Å². The first-order chi connectivity index (χ1) is 12.0. The van der Waals surface area contributed by atoms with Crippen LogP contribution in [0.5, 0.6) is 0 Å². The molecule has 1 saturated heterocycles. The topological polar surface area (TPSA) is 80.1 Å². The second-order valence-corrected chi connectivity index (χ2v) is 6.40. The van der Waals surface area contributed by atoms with Crippen LogP contribution in [0.4, 0.5) is 5.95 Å². The molecular weight excluding hydrogens is 318 g/mol. The minimum Gasteiger partial charge on any atom is -0.351 e. The van der Waals surface area contributed by atoms with Crippen molar-refractivity contribution in [3.8, 4) is 11.3 Å². The molecule has 0 bridgehead atoms. The Labute approximate surface area is 146 Å². The zero-order valence-electron chi connectivity index (χ0n) is 14.6. The average Bonchev–Trinajstić information content (AvgIpc) is 2.85. The number of likely N-dealkylation sites (tertiary alicyclic amines) is 1. The Morgan fingerprint density at radius 2 is 2.04 bits per heavy atom. The molecular formula is C18H23N5O2. The van der Waals surface area contributed by atoms with Gasteiger partial charge in [0, 0.05) is 57.1 Å². The lowest BCUT2D eigenvalue weighted by molar-refractivity contribution is -0.128. The van der Waals surface area contributed by atoms with Crippen molar-refractivity contribution in [2.24, 2.45) is 7.05 Å². The summed E-state index contributed by atoms with van der Waals surface area (Å²) in [4.78, 5) is 34.5. The van der Waals surface area contributed by atoms with E-state index >= 15 is 0 Å². The van der Waals surface area contributed by atoms with Gasteiger partial charge >= 0.3 is 0 Å². The molecule has 3 heterocycles. The largest absolute Gasteiger partial charge is 0.351 e. The summed E-state index contributed by atoms with van der Waals surface area (Å²) in [5.41, 5.74) is 1.34. The van der Waals surface area contributed by atoms with E-state index in [1.165, 1.54) is 10.6 Å². The van der Waals surface area contributed by atoms with Crippen molar-refractivity contribution in [2.75, 3.05) is 18.4 Å². The lowest BCUT2D eigenvalue weighted by atomic mass is 10.1. The summed E-state index contributed by atoms with van der Waals surface area (Å²) in [6.45, 7) is 3.02. The van der Waals surface area contributed by atoms with Gasteiger partial charge in [-0.05, 0) is 31.4 Å². The van der Waals surface area contributed by atoms with Gasteiger partial charge < -0.3 is 10.2 Å². The molecule has 0 spiro atoms. The fraction of sp³-hybridized carbons (Fsp3) is 0.444. The summed E-state index contributed by atoms with van der Waals surface area (Å²) in [5, 5.41) is 3.37. The van der Waals surface area contributed by atoms with E-state index in [9.17, 15) is 9.59 Å². The summed E-state index contributed by atoms with van der Waals surface area (Å²) in [5.74, 6) is 0.607. The van der Waals surface area contributed by atoms with Crippen molar-refractivity contribution in [3.63, 3.8) is 0 Å². The van der Waals surface area contributed by atoms with E-state index in [-0.39, 0.29) is 17.5 Å². The number of nitrogens with zero attached hydrogens (tertiary/aromatic N) is 4. The highest BCUT2D eigenvalue weighted by Gasteiger charge is 2.21. The Kier molecular flexibility index (Phi) is 5.11. The third kappa shape index (κ3) is 4.04. The summed E-state index contributed by atoms with van der Waals surface area (Å²) >= 11 is 0. The minimum atomic E-state index is -0.124. The average molecular weight is 341 g/mol. The summed E-state index contributed by atoms with van der Waals surface area (Å²) in [6.07, 6.45) is 6.34. The molecule has 0 radical (unpaired) electrons. The molecule has 3 rings (SSSR count). The molecule has 132 valence electrons. The number of pyridine rings is 1. The van der Waals surface area contributed by atoms with E-state index < -0.39 is 0 Å². The van der Waals surface area contributed by atoms with Crippen molar-refractivity contribution in [1.82, 2.24) is 19.4 Å². The number of anilines is 1. The zero-order valence-corrected chi connectivity index (χ0v) is 14.6. The number of carbonyl (C=O) groups excluding carboxylic acids is 1. The van der Waals surface area contributed by atoms with Gasteiger partial charge in [0.15, 0.2) is 0 Å². The molecule has 1 aliphatic rings. The van der Waals surface area contributed by atoms with E-state index in [2.05, 4.69) is 15.3 Å². The van der Waals surface area contributed by atoms with E-state index in [4.69, 9.17) is 0 Å². The van der Waals surface area contributed by atoms with Gasteiger partial charge in [0.1, 0.15) is 0 Å². The fourth-order valence-electron chi connectivity index (χ4n) is 3.07. The second kappa shape index (κ2) is 7.46. The molecule has 1 atom stereocenters. The van der Waals surface area contributed by atoms with E-state index in [1.54, 1.807) is 26.4 Å². The molecule has 0 saturated carbocycles. The van der Waals surface area contributed by atoms with Crippen LogP contribution in [0.1, 0.15) is 26.2 Å². The van der Waals surface area contributed by atoms with Gasteiger partial charge in [0.2, 0.25) is 11.9 Å². The minimum absolute atomic E-state index is 0.0807. The van der Waals surface area contributed by atoms with Crippen molar-refractivity contribution >= 4 is 11.9 Å². The lowest BCUT2D eigenvalue weighted by Gasteiger charge is -2.25. The van der Waals surface area contributed by atoms with Gasteiger partial charge in [-0.2, -0.15) is 0 Å². The first-order valence-electron chi connectivity index (χ1n) is 8.55. The standard InChI is InChI=1S/C18H23N5O2/c1-13(24)23-10-4-3-5-15(12-23)20-18-21-16(11-17(25)22(18)2)14-6-8-19-9-7-14/h6-9,11,15H,3-5,10,12H2,1-2H3,(H,20,21). The number of rotatable bonds is 3. The van der Waals surface area contributed by atoms with Crippen molar-refractivity contribution in [3.05, 3.63) is 40.9 Å². The van der Waals surface area contributed by atoms with Crippen LogP contribution in [0.25, 0.3) is 11.3 Å². The van der Waals surface area contributed by atoms with E-state index in [0.717, 1.165) is 31.4 Å². The van der Waals surface area contributed by atoms with Crippen LogP contribution in [0, 0.1) is 0 Å².